The SMILES string of the molecule is COc1ccc(-c2nc(N3CC(N4CCOCC4)C3)c3ccccc3n2)cc1. The van der Waals surface area contributed by atoms with E-state index < -0.39 is 0 Å². The zero-order valence-electron chi connectivity index (χ0n) is 16.0. The van der Waals surface area contributed by atoms with Gasteiger partial charge in [0.25, 0.3) is 0 Å². The fourth-order valence-electron chi connectivity index (χ4n) is 3.97. The van der Waals surface area contributed by atoms with Crippen molar-refractivity contribution in [3.05, 3.63) is 48.5 Å². The molecular formula is C22H24N4O2. The Hall–Kier alpha value is -2.70. The average Bonchev–Trinajstić information content (AvgIpc) is 2.73. The maximum Gasteiger partial charge on any atom is 0.162 e. The minimum absolute atomic E-state index is 0.585. The first-order chi connectivity index (χ1) is 13.8. The van der Waals surface area contributed by atoms with Crippen LogP contribution >= 0.6 is 0 Å². The van der Waals surface area contributed by atoms with Crippen molar-refractivity contribution in [3.8, 4) is 17.1 Å². The molecule has 5 rings (SSSR count). The molecule has 3 heterocycles. The Labute approximate surface area is 164 Å². The van der Waals surface area contributed by atoms with Crippen LogP contribution in [0.15, 0.2) is 48.5 Å². The Morgan fingerprint density at radius 3 is 2.46 bits per heavy atom. The third-order valence-electron chi connectivity index (χ3n) is 5.66. The Bertz CT molecular complexity index is 964. The number of aromatic nitrogens is 2. The summed E-state index contributed by atoms with van der Waals surface area (Å²) in [7, 11) is 1.67. The van der Waals surface area contributed by atoms with Crippen molar-refractivity contribution in [2.24, 2.45) is 0 Å². The minimum Gasteiger partial charge on any atom is -0.497 e. The fraction of sp³-hybridized carbons (Fsp3) is 0.364. The zero-order chi connectivity index (χ0) is 18.9. The number of nitrogens with zero attached hydrogens (tertiary/aromatic N) is 4. The van der Waals surface area contributed by atoms with Crippen LogP contribution in [0.2, 0.25) is 0 Å². The second-order valence-corrected chi connectivity index (χ2v) is 7.32. The average molecular weight is 376 g/mol. The number of benzene rings is 2. The molecule has 2 aromatic carbocycles. The number of anilines is 1. The van der Waals surface area contributed by atoms with Crippen LogP contribution in [0.25, 0.3) is 22.3 Å². The molecule has 2 saturated heterocycles. The second kappa shape index (κ2) is 7.37. The monoisotopic (exact) mass is 376 g/mol. The highest BCUT2D eigenvalue weighted by molar-refractivity contribution is 5.91. The third-order valence-corrected chi connectivity index (χ3v) is 5.66. The maximum absolute atomic E-state index is 5.48. The van der Waals surface area contributed by atoms with E-state index in [2.05, 4.69) is 28.0 Å². The maximum atomic E-state index is 5.48. The van der Waals surface area contributed by atoms with E-state index in [1.54, 1.807) is 7.11 Å². The number of para-hydroxylation sites is 1. The van der Waals surface area contributed by atoms with Crippen LogP contribution in [-0.2, 0) is 4.74 Å². The highest BCUT2D eigenvalue weighted by Gasteiger charge is 2.34. The summed E-state index contributed by atoms with van der Waals surface area (Å²) in [5.74, 6) is 2.62. The van der Waals surface area contributed by atoms with E-state index in [9.17, 15) is 0 Å². The van der Waals surface area contributed by atoms with Gasteiger partial charge in [0.2, 0.25) is 0 Å². The van der Waals surface area contributed by atoms with E-state index in [0.717, 1.165) is 73.3 Å². The third kappa shape index (κ3) is 3.19. The van der Waals surface area contributed by atoms with Crippen LogP contribution < -0.4 is 9.64 Å². The summed E-state index contributed by atoms with van der Waals surface area (Å²) in [5.41, 5.74) is 1.98. The summed E-state index contributed by atoms with van der Waals surface area (Å²) in [6.07, 6.45) is 0. The van der Waals surface area contributed by atoms with Gasteiger partial charge in [-0.1, -0.05) is 12.1 Å². The quantitative estimate of drug-likeness (QED) is 0.698. The second-order valence-electron chi connectivity index (χ2n) is 7.32. The van der Waals surface area contributed by atoms with Gasteiger partial charge >= 0.3 is 0 Å². The van der Waals surface area contributed by atoms with E-state index in [-0.39, 0.29) is 0 Å². The van der Waals surface area contributed by atoms with Crippen molar-refractivity contribution in [2.75, 3.05) is 51.4 Å². The number of methoxy groups -OCH3 is 1. The number of rotatable bonds is 4. The van der Waals surface area contributed by atoms with E-state index in [1.165, 1.54) is 0 Å². The molecule has 6 heteroatoms. The molecule has 0 spiro atoms. The van der Waals surface area contributed by atoms with Gasteiger partial charge in [0.05, 0.1) is 25.8 Å². The van der Waals surface area contributed by atoms with Crippen molar-refractivity contribution < 1.29 is 9.47 Å². The summed E-state index contributed by atoms with van der Waals surface area (Å²) < 4.78 is 10.8. The van der Waals surface area contributed by atoms with Gasteiger partial charge in [-0.25, -0.2) is 9.97 Å². The predicted molar refractivity (Wildman–Crippen MR) is 110 cm³/mol. The summed E-state index contributed by atoms with van der Waals surface area (Å²) in [5, 5.41) is 1.11. The molecule has 6 nitrogen and oxygen atoms in total. The molecule has 0 saturated carbocycles. The molecule has 2 fully saturated rings. The van der Waals surface area contributed by atoms with Crippen molar-refractivity contribution in [1.29, 1.82) is 0 Å². The fourth-order valence-corrected chi connectivity index (χ4v) is 3.97. The lowest BCUT2D eigenvalue weighted by Crippen LogP contribution is -2.61. The number of hydrogen-bond acceptors (Lipinski definition) is 6. The van der Waals surface area contributed by atoms with Gasteiger partial charge in [-0.05, 0) is 36.4 Å². The summed E-state index contributed by atoms with van der Waals surface area (Å²) in [6.45, 7) is 5.75. The molecular weight excluding hydrogens is 352 g/mol. The Kier molecular flexibility index (Phi) is 4.58. The van der Waals surface area contributed by atoms with Crippen LogP contribution in [0.5, 0.6) is 5.75 Å². The normalized spacial score (nSPS) is 18.2. The van der Waals surface area contributed by atoms with Crippen molar-refractivity contribution >= 4 is 16.7 Å². The van der Waals surface area contributed by atoms with Crippen LogP contribution in [0.4, 0.5) is 5.82 Å². The Morgan fingerprint density at radius 1 is 0.964 bits per heavy atom. The molecule has 0 N–H and O–H groups in total. The lowest BCUT2D eigenvalue weighted by molar-refractivity contribution is 0.0105. The van der Waals surface area contributed by atoms with Gasteiger partial charge < -0.3 is 14.4 Å². The van der Waals surface area contributed by atoms with Crippen molar-refractivity contribution in [2.45, 2.75) is 6.04 Å². The molecule has 0 amide bonds. The molecule has 0 radical (unpaired) electrons. The van der Waals surface area contributed by atoms with Gasteiger partial charge in [0.15, 0.2) is 5.82 Å². The largest absolute Gasteiger partial charge is 0.497 e. The number of ether oxygens (including phenoxy) is 2. The van der Waals surface area contributed by atoms with Crippen LogP contribution in [0.1, 0.15) is 0 Å². The van der Waals surface area contributed by atoms with Gasteiger partial charge in [0, 0.05) is 43.2 Å². The van der Waals surface area contributed by atoms with Gasteiger partial charge in [0.1, 0.15) is 11.6 Å². The lowest BCUT2D eigenvalue weighted by Gasteiger charge is -2.47. The summed E-state index contributed by atoms with van der Waals surface area (Å²) >= 11 is 0. The van der Waals surface area contributed by atoms with Crippen LogP contribution in [0.3, 0.4) is 0 Å². The van der Waals surface area contributed by atoms with Crippen molar-refractivity contribution in [1.82, 2.24) is 14.9 Å². The highest BCUT2D eigenvalue weighted by atomic mass is 16.5. The topological polar surface area (TPSA) is 50.7 Å². The standard InChI is InChI=1S/C22H24N4O2/c1-27-18-8-6-16(7-9-18)21-23-20-5-3-2-4-19(20)22(24-21)26-14-17(15-26)25-10-12-28-13-11-25/h2-9,17H,10-15H2,1H3. The molecule has 0 atom stereocenters. The number of hydrogen-bond donors (Lipinski definition) is 0. The smallest absolute Gasteiger partial charge is 0.162 e. The molecule has 2 aliphatic heterocycles. The summed E-state index contributed by atoms with van der Waals surface area (Å²) in [6, 6.07) is 16.8. The highest BCUT2D eigenvalue weighted by Crippen LogP contribution is 2.31. The first-order valence-corrected chi connectivity index (χ1v) is 9.80. The van der Waals surface area contributed by atoms with Crippen LogP contribution in [0, 0.1) is 0 Å². The first-order valence-electron chi connectivity index (χ1n) is 9.80. The van der Waals surface area contributed by atoms with Crippen LogP contribution in [-0.4, -0.2) is 67.4 Å². The zero-order valence-corrected chi connectivity index (χ0v) is 16.0. The molecule has 28 heavy (non-hydrogen) atoms. The molecule has 0 unspecified atom stereocenters. The molecule has 144 valence electrons. The Balaban J connectivity index is 1.46. The van der Waals surface area contributed by atoms with E-state index in [4.69, 9.17) is 19.4 Å². The molecule has 0 bridgehead atoms. The number of fused-ring (bicyclic) bond motifs is 1. The minimum atomic E-state index is 0.585. The van der Waals surface area contributed by atoms with Gasteiger partial charge in [-0.3, -0.25) is 4.90 Å². The van der Waals surface area contributed by atoms with E-state index >= 15 is 0 Å². The first kappa shape index (κ1) is 17.4. The molecule has 0 aliphatic carbocycles. The van der Waals surface area contributed by atoms with Gasteiger partial charge in [-0.2, -0.15) is 0 Å². The molecule has 3 aromatic rings. The lowest BCUT2D eigenvalue weighted by atomic mass is 10.1. The van der Waals surface area contributed by atoms with E-state index in [0.29, 0.717) is 6.04 Å². The van der Waals surface area contributed by atoms with Crippen molar-refractivity contribution in [3.63, 3.8) is 0 Å². The molecule has 2 aliphatic rings. The Morgan fingerprint density at radius 2 is 1.71 bits per heavy atom. The van der Waals surface area contributed by atoms with E-state index in [1.807, 2.05) is 30.3 Å². The summed E-state index contributed by atoms with van der Waals surface area (Å²) in [4.78, 5) is 14.7. The molecule has 1 aromatic heterocycles. The number of morpholine rings is 1. The predicted octanol–water partition coefficient (Wildman–Crippen LogP) is 2.83. The van der Waals surface area contributed by atoms with Gasteiger partial charge in [-0.15, -0.1) is 0 Å².